The largest absolute Gasteiger partial charge is 0.331 e. The van der Waals surface area contributed by atoms with E-state index in [1.807, 2.05) is 35.9 Å². The summed E-state index contributed by atoms with van der Waals surface area (Å²) in [6.45, 7) is 5.30. The van der Waals surface area contributed by atoms with Gasteiger partial charge in [-0.1, -0.05) is 28.1 Å². The number of benzene rings is 1. The SMILES string of the molecule is Cc1nc2n(n1)CCN(C(=O)C(C)(N)c1ccc(Br)cc1)C2. The van der Waals surface area contributed by atoms with Crippen molar-refractivity contribution in [2.45, 2.75) is 32.5 Å². The zero-order chi connectivity index (χ0) is 15.9. The first-order valence-corrected chi connectivity index (χ1v) is 7.92. The standard InChI is InChI=1S/C15H18BrN5O/c1-10-18-13-9-20(7-8-21(13)19-10)14(22)15(2,17)11-3-5-12(16)6-4-11/h3-6H,7-9,17H2,1-2H3. The van der Waals surface area contributed by atoms with Crippen LogP contribution in [0.1, 0.15) is 24.1 Å². The van der Waals surface area contributed by atoms with Crippen molar-refractivity contribution in [3.63, 3.8) is 0 Å². The van der Waals surface area contributed by atoms with Gasteiger partial charge in [0.25, 0.3) is 0 Å². The number of carbonyl (C=O) groups excluding carboxylic acids is 1. The lowest BCUT2D eigenvalue weighted by Gasteiger charge is -2.34. The number of fused-ring (bicyclic) bond motifs is 1. The van der Waals surface area contributed by atoms with Gasteiger partial charge in [-0.15, -0.1) is 0 Å². The van der Waals surface area contributed by atoms with Crippen molar-refractivity contribution in [1.29, 1.82) is 0 Å². The second kappa shape index (κ2) is 5.48. The first-order chi connectivity index (χ1) is 10.4. The van der Waals surface area contributed by atoms with E-state index in [2.05, 4.69) is 26.0 Å². The van der Waals surface area contributed by atoms with Crippen LogP contribution in [0.2, 0.25) is 0 Å². The minimum atomic E-state index is -1.06. The Labute approximate surface area is 137 Å². The molecule has 1 aliphatic heterocycles. The van der Waals surface area contributed by atoms with Gasteiger partial charge < -0.3 is 10.6 Å². The molecule has 6 nitrogen and oxygen atoms in total. The molecule has 2 heterocycles. The summed E-state index contributed by atoms with van der Waals surface area (Å²) in [5, 5.41) is 4.31. The first-order valence-electron chi connectivity index (χ1n) is 7.12. The molecule has 116 valence electrons. The van der Waals surface area contributed by atoms with E-state index in [1.165, 1.54) is 0 Å². The first kappa shape index (κ1) is 15.2. The van der Waals surface area contributed by atoms with E-state index in [4.69, 9.17) is 5.73 Å². The summed E-state index contributed by atoms with van der Waals surface area (Å²) in [6.07, 6.45) is 0. The van der Waals surface area contributed by atoms with Gasteiger partial charge in [0.15, 0.2) is 0 Å². The Hall–Kier alpha value is -1.73. The van der Waals surface area contributed by atoms with E-state index in [1.54, 1.807) is 11.8 Å². The van der Waals surface area contributed by atoms with Gasteiger partial charge in [-0.05, 0) is 31.5 Å². The third-order valence-corrected chi connectivity index (χ3v) is 4.47. The van der Waals surface area contributed by atoms with E-state index >= 15 is 0 Å². The average Bonchev–Trinajstić information content (AvgIpc) is 2.86. The Balaban J connectivity index is 1.83. The molecular formula is C15H18BrN5O. The summed E-state index contributed by atoms with van der Waals surface area (Å²) >= 11 is 3.39. The van der Waals surface area contributed by atoms with Gasteiger partial charge in [-0.2, -0.15) is 5.10 Å². The number of aromatic nitrogens is 3. The highest BCUT2D eigenvalue weighted by Crippen LogP contribution is 2.24. The van der Waals surface area contributed by atoms with E-state index in [0.717, 1.165) is 21.7 Å². The van der Waals surface area contributed by atoms with Crippen molar-refractivity contribution in [1.82, 2.24) is 19.7 Å². The Morgan fingerprint density at radius 2 is 2.00 bits per heavy atom. The molecule has 7 heteroatoms. The molecule has 22 heavy (non-hydrogen) atoms. The van der Waals surface area contributed by atoms with Gasteiger partial charge in [-0.25, -0.2) is 9.67 Å². The zero-order valence-electron chi connectivity index (χ0n) is 12.6. The molecule has 0 saturated carbocycles. The fraction of sp³-hybridized carbons (Fsp3) is 0.400. The number of carbonyl (C=O) groups is 1. The fourth-order valence-electron chi connectivity index (χ4n) is 2.68. The molecule has 2 N–H and O–H groups in total. The van der Waals surface area contributed by atoms with Crippen LogP contribution in [-0.2, 0) is 23.4 Å². The van der Waals surface area contributed by atoms with Gasteiger partial charge in [0.2, 0.25) is 5.91 Å². The van der Waals surface area contributed by atoms with Gasteiger partial charge in [-0.3, -0.25) is 4.79 Å². The molecule has 1 aliphatic rings. The summed E-state index contributed by atoms with van der Waals surface area (Å²) < 4.78 is 2.81. The number of rotatable bonds is 2. The number of amides is 1. The van der Waals surface area contributed by atoms with E-state index in [0.29, 0.717) is 19.6 Å². The van der Waals surface area contributed by atoms with Crippen molar-refractivity contribution >= 4 is 21.8 Å². The topological polar surface area (TPSA) is 77.0 Å². The number of hydrogen-bond donors (Lipinski definition) is 1. The second-order valence-corrected chi connectivity index (χ2v) is 6.65. The summed E-state index contributed by atoms with van der Waals surface area (Å²) in [4.78, 5) is 19.0. The zero-order valence-corrected chi connectivity index (χ0v) is 14.2. The lowest BCUT2D eigenvalue weighted by atomic mass is 9.91. The maximum Gasteiger partial charge on any atom is 0.247 e. The maximum absolute atomic E-state index is 12.9. The van der Waals surface area contributed by atoms with Crippen LogP contribution in [-0.4, -0.2) is 32.1 Å². The molecule has 0 aliphatic carbocycles. The minimum Gasteiger partial charge on any atom is -0.331 e. The Morgan fingerprint density at radius 1 is 1.32 bits per heavy atom. The fourth-order valence-corrected chi connectivity index (χ4v) is 2.95. The number of aryl methyl sites for hydroxylation is 1. The maximum atomic E-state index is 12.9. The van der Waals surface area contributed by atoms with Gasteiger partial charge >= 0.3 is 0 Å². The molecular weight excluding hydrogens is 346 g/mol. The Morgan fingerprint density at radius 3 is 2.68 bits per heavy atom. The molecule has 1 unspecified atom stereocenters. The predicted octanol–water partition coefficient (Wildman–Crippen LogP) is 1.57. The van der Waals surface area contributed by atoms with Crippen LogP contribution in [0, 0.1) is 6.92 Å². The summed E-state index contributed by atoms with van der Waals surface area (Å²) in [7, 11) is 0. The van der Waals surface area contributed by atoms with Crippen LogP contribution in [0.25, 0.3) is 0 Å². The van der Waals surface area contributed by atoms with Gasteiger partial charge in [0.1, 0.15) is 17.2 Å². The molecule has 2 aromatic rings. The van der Waals surface area contributed by atoms with Crippen molar-refractivity contribution in [2.75, 3.05) is 6.54 Å². The van der Waals surface area contributed by atoms with E-state index < -0.39 is 5.54 Å². The third-order valence-electron chi connectivity index (χ3n) is 3.94. The smallest absolute Gasteiger partial charge is 0.247 e. The van der Waals surface area contributed by atoms with Crippen molar-refractivity contribution in [3.05, 3.63) is 46.0 Å². The molecule has 0 bridgehead atoms. The quantitative estimate of drug-likeness (QED) is 0.878. The van der Waals surface area contributed by atoms with Crippen LogP contribution >= 0.6 is 15.9 Å². The van der Waals surface area contributed by atoms with Crippen LogP contribution < -0.4 is 5.73 Å². The van der Waals surface area contributed by atoms with Gasteiger partial charge in [0, 0.05) is 11.0 Å². The number of halogens is 1. The molecule has 3 rings (SSSR count). The second-order valence-electron chi connectivity index (χ2n) is 5.73. The summed E-state index contributed by atoms with van der Waals surface area (Å²) in [5.41, 5.74) is 6.08. The lowest BCUT2D eigenvalue weighted by molar-refractivity contribution is -0.138. The van der Waals surface area contributed by atoms with Crippen molar-refractivity contribution in [3.8, 4) is 0 Å². The minimum absolute atomic E-state index is 0.0956. The van der Waals surface area contributed by atoms with Gasteiger partial charge in [0.05, 0.1) is 13.1 Å². The van der Waals surface area contributed by atoms with Crippen molar-refractivity contribution in [2.24, 2.45) is 5.73 Å². The average molecular weight is 364 g/mol. The molecule has 0 saturated heterocycles. The number of nitrogens with two attached hydrogens (primary N) is 1. The van der Waals surface area contributed by atoms with Crippen LogP contribution in [0.5, 0.6) is 0 Å². The molecule has 1 aromatic heterocycles. The normalized spacial score (nSPS) is 17.0. The van der Waals surface area contributed by atoms with Crippen LogP contribution in [0.4, 0.5) is 0 Å². The highest BCUT2D eigenvalue weighted by atomic mass is 79.9. The molecule has 1 aromatic carbocycles. The molecule has 1 atom stereocenters. The van der Waals surface area contributed by atoms with E-state index in [-0.39, 0.29) is 5.91 Å². The highest BCUT2D eigenvalue weighted by molar-refractivity contribution is 9.10. The predicted molar refractivity (Wildman–Crippen MR) is 85.9 cm³/mol. The highest BCUT2D eigenvalue weighted by Gasteiger charge is 2.36. The molecule has 0 fully saturated rings. The van der Waals surface area contributed by atoms with E-state index in [9.17, 15) is 4.79 Å². The molecule has 0 radical (unpaired) electrons. The lowest BCUT2D eigenvalue weighted by Crippen LogP contribution is -2.52. The van der Waals surface area contributed by atoms with Crippen molar-refractivity contribution < 1.29 is 4.79 Å². The Bertz CT molecular complexity index is 707. The third kappa shape index (κ3) is 2.66. The number of hydrogen-bond acceptors (Lipinski definition) is 4. The van der Waals surface area contributed by atoms with Crippen LogP contribution in [0.3, 0.4) is 0 Å². The summed E-state index contributed by atoms with van der Waals surface area (Å²) in [6, 6.07) is 7.53. The van der Waals surface area contributed by atoms with Crippen LogP contribution in [0.15, 0.2) is 28.7 Å². The Kier molecular flexibility index (Phi) is 3.78. The number of nitrogens with zero attached hydrogens (tertiary/aromatic N) is 4. The monoisotopic (exact) mass is 363 g/mol. The summed E-state index contributed by atoms with van der Waals surface area (Å²) in [5.74, 6) is 1.44. The molecule has 0 spiro atoms. The molecule has 1 amide bonds.